The molecule has 0 spiro atoms. The molecule has 1 saturated carbocycles. The molecule has 6 N–H and O–H groups in total. The highest BCUT2D eigenvalue weighted by molar-refractivity contribution is 6.24. The zero-order chi connectivity index (χ0) is 22.1. The van der Waals surface area contributed by atoms with Gasteiger partial charge in [0, 0.05) is 11.5 Å². The summed E-state index contributed by atoms with van der Waals surface area (Å²) in [6, 6.07) is 3.62. The first kappa shape index (κ1) is 20.1. The number of carbonyl (C=O) groups excluding carboxylic acids is 3. The fraction of sp³-hybridized carbons (Fsp3) is 0.381. The molecule has 1 aromatic rings. The lowest BCUT2D eigenvalue weighted by Crippen LogP contribution is -2.65. The van der Waals surface area contributed by atoms with Gasteiger partial charge < -0.3 is 26.2 Å². The lowest BCUT2D eigenvalue weighted by Gasteiger charge is -2.50. The van der Waals surface area contributed by atoms with Crippen LogP contribution in [0.5, 0.6) is 5.75 Å². The number of rotatable bonds is 2. The van der Waals surface area contributed by atoms with Crippen molar-refractivity contribution >= 4 is 23.2 Å². The van der Waals surface area contributed by atoms with Gasteiger partial charge >= 0.3 is 0 Å². The molecule has 30 heavy (non-hydrogen) atoms. The Morgan fingerprint density at radius 3 is 2.47 bits per heavy atom. The Hall–Kier alpha value is -3.17. The van der Waals surface area contributed by atoms with Crippen molar-refractivity contribution in [1.82, 2.24) is 4.90 Å². The summed E-state index contributed by atoms with van der Waals surface area (Å²) in [6.07, 6.45) is 0.379. The van der Waals surface area contributed by atoms with E-state index >= 15 is 0 Å². The summed E-state index contributed by atoms with van der Waals surface area (Å²) in [5.74, 6) is -6.43. The fourth-order valence-electron chi connectivity index (χ4n) is 5.18. The van der Waals surface area contributed by atoms with Gasteiger partial charge in [0.25, 0.3) is 5.91 Å². The second-order valence-electron chi connectivity index (χ2n) is 8.27. The third-order valence-corrected chi connectivity index (χ3v) is 6.46. The summed E-state index contributed by atoms with van der Waals surface area (Å²) >= 11 is 0. The highest BCUT2D eigenvalue weighted by Crippen LogP contribution is 2.52. The first-order valence-corrected chi connectivity index (χ1v) is 9.47. The zero-order valence-corrected chi connectivity index (χ0v) is 16.4. The number of hydrogen-bond acceptors (Lipinski definition) is 8. The molecule has 0 saturated heterocycles. The van der Waals surface area contributed by atoms with Crippen molar-refractivity contribution in [3.63, 3.8) is 0 Å². The molecule has 1 fully saturated rings. The molecule has 9 heteroatoms. The molecule has 158 valence electrons. The number of primary amides is 1. The van der Waals surface area contributed by atoms with Crippen LogP contribution in [0.2, 0.25) is 0 Å². The number of amides is 1. The van der Waals surface area contributed by atoms with Crippen molar-refractivity contribution in [3.8, 4) is 5.75 Å². The molecule has 0 aliphatic heterocycles. The maximum atomic E-state index is 13.5. The van der Waals surface area contributed by atoms with Gasteiger partial charge in [-0.3, -0.25) is 19.3 Å². The normalized spacial score (nSPS) is 30.9. The predicted molar refractivity (Wildman–Crippen MR) is 104 cm³/mol. The molecule has 3 aliphatic carbocycles. The van der Waals surface area contributed by atoms with Gasteiger partial charge in [0.2, 0.25) is 5.78 Å². The molecule has 0 unspecified atom stereocenters. The Labute approximate surface area is 171 Å². The first-order valence-electron chi connectivity index (χ1n) is 9.47. The van der Waals surface area contributed by atoms with Gasteiger partial charge in [-0.25, -0.2) is 0 Å². The minimum absolute atomic E-state index is 0.0847. The van der Waals surface area contributed by atoms with E-state index < -0.39 is 58.0 Å². The third kappa shape index (κ3) is 2.39. The number of aliphatic hydroxyl groups is 3. The summed E-state index contributed by atoms with van der Waals surface area (Å²) in [6.45, 7) is 0. The number of nitrogens with zero attached hydrogens (tertiary/aromatic N) is 1. The van der Waals surface area contributed by atoms with Gasteiger partial charge in [-0.05, 0) is 44.5 Å². The molecule has 3 aliphatic rings. The highest BCUT2D eigenvalue weighted by atomic mass is 16.3. The predicted octanol–water partition coefficient (Wildman–Crippen LogP) is -0.0360. The van der Waals surface area contributed by atoms with E-state index in [9.17, 15) is 34.8 Å². The molecule has 4 atom stereocenters. The van der Waals surface area contributed by atoms with Gasteiger partial charge in [-0.2, -0.15) is 0 Å². The van der Waals surface area contributed by atoms with Crippen LogP contribution in [0.1, 0.15) is 17.5 Å². The van der Waals surface area contributed by atoms with Crippen molar-refractivity contribution in [2.45, 2.75) is 24.5 Å². The molecule has 1 aromatic carbocycles. The molecule has 0 bridgehead atoms. The van der Waals surface area contributed by atoms with Crippen LogP contribution in [0.25, 0.3) is 5.76 Å². The van der Waals surface area contributed by atoms with E-state index in [1.54, 1.807) is 26.2 Å². The number of aromatic hydroxyl groups is 1. The Morgan fingerprint density at radius 1 is 1.20 bits per heavy atom. The Bertz CT molecular complexity index is 1070. The van der Waals surface area contributed by atoms with Crippen LogP contribution in [0.15, 0.2) is 35.1 Å². The van der Waals surface area contributed by atoms with E-state index in [0.29, 0.717) is 12.0 Å². The van der Waals surface area contributed by atoms with Crippen LogP contribution >= 0.6 is 0 Å². The third-order valence-electron chi connectivity index (χ3n) is 6.46. The highest BCUT2D eigenvalue weighted by Gasteiger charge is 2.64. The van der Waals surface area contributed by atoms with Crippen LogP contribution < -0.4 is 5.73 Å². The summed E-state index contributed by atoms with van der Waals surface area (Å²) in [7, 11) is 3.12. The first-order chi connectivity index (χ1) is 14.0. The smallest absolute Gasteiger partial charge is 0.255 e. The summed E-state index contributed by atoms with van der Waals surface area (Å²) in [4.78, 5) is 39.7. The van der Waals surface area contributed by atoms with E-state index in [1.807, 2.05) is 0 Å². The number of likely N-dealkylation sites (N-methyl/N-ethyl adjacent to an activating group) is 1. The van der Waals surface area contributed by atoms with Crippen LogP contribution in [0.3, 0.4) is 0 Å². The standard InChI is InChI=1S/C21H22N2O7/c1-23(2)15-10-7-9-6-8-4-3-5-11(24)12(8)16(25)13(9)18(27)21(10,30)19(28)14(17(15)26)20(22)29/h3-5,9-10,15,24-25,28,30H,6-7H2,1-2H3,(H2,22,29)/t9-,10+,15+,21+/m1/s1. The number of hydrogen-bond donors (Lipinski definition) is 5. The van der Waals surface area contributed by atoms with Gasteiger partial charge in [0.1, 0.15) is 22.8 Å². The van der Waals surface area contributed by atoms with Gasteiger partial charge in [0.05, 0.1) is 11.6 Å². The van der Waals surface area contributed by atoms with Crippen molar-refractivity contribution in [1.29, 1.82) is 0 Å². The maximum Gasteiger partial charge on any atom is 0.255 e. The number of fused-ring (bicyclic) bond motifs is 3. The van der Waals surface area contributed by atoms with Crippen LogP contribution in [0, 0.1) is 11.8 Å². The molecule has 9 nitrogen and oxygen atoms in total. The van der Waals surface area contributed by atoms with Gasteiger partial charge in [-0.15, -0.1) is 0 Å². The monoisotopic (exact) mass is 414 g/mol. The molecule has 0 heterocycles. The van der Waals surface area contributed by atoms with Crippen LogP contribution in [-0.4, -0.2) is 68.5 Å². The quantitative estimate of drug-likeness (QED) is 0.421. The molecular weight excluding hydrogens is 392 g/mol. The second kappa shape index (κ2) is 6.41. The minimum atomic E-state index is -2.60. The number of phenols is 1. The van der Waals surface area contributed by atoms with Gasteiger partial charge in [0.15, 0.2) is 11.4 Å². The Morgan fingerprint density at radius 2 is 1.87 bits per heavy atom. The molecule has 1 amide bonds. The van der Waals surface area contributed by atoms with E-state index in [2.05, 4.69) is 0 Å². The number of carbonyl (C=O) groups is 3. The number of phenolic OH excluding ortho intramolecular Hbond substituents is 1. The largest absolute Gasteiger partial charge is 0.508 e. The number of ketones is 2. The van der Waals surface area contributed by atoms with Crippen molar-refractivity contribution < 1.29 is 34.8 Å². The Kier molecular flexibility index (Phi) is 4.30. The van der Waals surface area contributed by atoms with Crippen LogP contribution in [-0.2, 0) is 20.8 Å². The number of benzene rings is 1. The average Bonchev–Trinajstić information content (AvgIpc) is 2.64. The van der Waals surface area contributed by atoms with Gasteiger partial charge in [-0.1, -0.05) is 12.1 Å². The molecule has 0 radical (unpaired) electrons. The maximum absolute atomic E-state index is 13.5. The molecule has 0 aromatic heterocycles. The van der Waals surface area contributed by atoms with E-state index in [1.165, 1.54) is 11.0 Å². The number of Topliss-reactive ketones (excluding diaryl/α,β-unsaturated/α-hetero) is 2. The van der Waals surface area contributed by atoms with E-state index in [-0.39, 0.29) is 23.3 Å². The number of aliphatic hydroxyl groups excluding tert-OH is 2. The van der Waals surface area contributed by atoms with E-state index in [0.717, 1.165) is 0 Å². The summed E-state index contributed by atoms with van der Waals surface area (Å²) in [5, 5.41) is 43.1. The van der Waals surface area contributed by atoms with E-state index in [4.69, 9.17) is 5.73 Å². The summed E-state index contributed by atoms with van der Waals surface area (Å²) < 4.78 is 0. The fourth-order valence-corrected chi connectivity index (χ4v) is 5.18. The topological polar surface area (TPSA) is 161 Å². The Balaban J connectivity index is 1.98. The minimum Gasteiger partial charge on any atom is -0.508 e. The van der Waals surface area contributed by atoms with Crippen molar-refractivity contribution in [3.05, 3.63) is 46.2 Å². The number of nitrogens with two attached hydrogens (primary N) is 1. The second-order valence-corrected chi connectivity index (χ2v) is 8.27. The zero-order valence-electron chi connectivity index (χ0n) is 16.4. The molecule has 4 rings (SSSR count). The molecular formula is C21H22N2O7. The average molecular weight is 414 g/mol. The lowest BCUT2D eigenvalue weighted by molar-refractivity contribution is -0.153. The summed E-state index contributed by atoms with van der Waals surface area (Å²) in [5.41, 5.74) is 2.41. The lowest BCUT2D eigenvalue weighted by atomic mass is 9.57. The van der Waals surface area contributed by atoms with Crippen molar-refractivity contribution in [2.75, 3.05) is 14.1 Å². The van der Waals surface area contributed by atoms with Crippen LogP contribution in [0.4, 0.5) is 0 Å². The van der Waals surface area contributed by atoms with Crippen molar-refractivity contribution in [2.24, 2.45) is 17.6 Å². The SMILES string of the molecule is CN(C)[C@@H]1C(=O)C(C(N)=O)=C(O)[C@@]2(O)C(=O)C3=C(O)c4c(O)cccc4C[C@@H]3C[C@@H]12.